The van der Waals surface area contributed by atoms with Gasteiger partial charge in [0.05, 0.1) is 4.90 Å². The summed E-state index contributed by atoms with van der Waals surface area (Å²) in [5.41, 5.74) is 1.00. The summed E-state index contributed by atoms with van der Waals surface area (Å²) in [5.74, 6) is 0. The molecule has 4 nitrogen and oxygen atoms in total. The van der Waals surface area contributed by atoms with Gasteiger partial charge >= 0.3 is 0 Å². The molecule has 1 aromatic carbocycles. The summed E-state index contributed by atoms with van der Waals surface area (Å²) in [7, 11) is -1.45. The second-order valence-electron chi connectivity index (χ2n) is 5.72. The Balaban J connectivity index is 2.41. The highest BCUT2D eigenvalue weighted by Gasteiger charge is 2.35. The molecule has 0 N–H and O–H groups in total. The van der Waals surface area contributed by atoms with Crippen molar-refractivity contribution >= 4 is 41.9 Å². The third-order valence-corrected chi connectivity index (χ3v) is 7.80. The van der Waals surface area contributed by atoms with Gasteiger partial charge in [0.25, 0.3) is 0 Å². The van der Waals surface area contributed by atoms with Gasteiger partial charge in [-0.2, -0.15) is 4.31 Å². The van der Waals surface area contributed by atoms with Crippen molar-refractivity contribution in [1.82, 2.24) is 9.21 Å². The zero-order valence-corrected chi connectivity index (χ0v) is 16.6. The lowest BCUT2D eigenvalue weighted by Crippen LogP contribution is -2.56. The Morgan fingerprint density at radius 3 is 2.14 bits per heavy atom. The highest BCUT2D eigenvalue weighted by Crippen LogP contribution is 2.32. The van der Waals surface area contributed by atoms with E-state index in [4.69, 9.17) is 0 Å². The number of piperazine rings is 1. The second kappa shape index (κ2) is 6.28. The monoisotopic (exact) mass is 438 g/mol. The number of aryl methyl sites for hydroxylation is 1. The van der Waals surface area contributed by atoms with Crippen molar-refractivity contribution in [3.05, 3.63) is 26.6 Å². The third-order valence-electron chi connectivity index (χ3n) is 4.16. The Kier molecular flexibility index (Phi) is 5.20. The maximum atomic E-state index is 12.9. The van der Waals surface area contributed by atoms with Crippen LogP contribution >= 0.6 is 31.9 Å². The maximum Gasteiger partial charge on any atom is 0.244 e. The van der Waals surface area contributed by atoms with Gasteiger partial charge in [0.15, 0.2) is 0 Å². The first kappa shape index (κ1) is 17.4. The quantitative estimate of drug-likeness (QED) is 0.710. The average Bonchev–Trinajstić information content (AvgIpc) is 2.39. The molecule has 1 saturated heterocycles. The zero-order valence-electron chi connectivity index (χ0n) is 12.6. The van der Waals surface area contributed by atoms with Crippen LogP contribution in [0.1, 0.15) is 19.4 Å². The first-order valence-electron chi connectivity index (χ1n) is 6.82. The summed E-state index contributed by atoms with van der Waals surface area (Å²) in [5, 5.41) is 0. The normalized spacial score (nSPS) is 25.2. The molecule has 1 aliphatic heterocycles. The van der Waals surface area contributed by atoms with Crippen LogP contribution in [0.15, 0.2) is 26.0 Å². The molecule has 0 bridgehead atoms. The van der Waals surface area contributed by atoms with E-state index in [0.717, 1.165) is 10.0 Å². The summed E-state index contributed by atoms with van der Waals surface area (Å²) in [6.45, 7) is 7.07. The highest BCUT2D eigenvalue weighted by molar-refractivity contribution is 9.11. The highest BCUT2D eigenvalue weighted by atomic mass is 79.9. The molecular weight excluding hydrogens is 420 g/mol. The van der Waals surface area contributed by atoms with Gasteiger partial charge in [0, 0.05) is 34.1 Å². The van der Waals surface area contributed by atoms with Crippen molar-refractivity contribution in [3.8, 4) is 0 Å². The molecule has 0 aliphatic carbocycles. The van der Waals surface area contributed by atoms with Gasteiger partial charge in [-0.25, -0.2) is 8.42 Å². The fourth-order valence-corrected chi connectivity index (χ4v) is 5.76. The summed E-state index contributed by atoms with van der Waals surface area (Å²) in [6, 6.07) is 3.93. The van der Waals surface area contributed by atoms with Crippen molar-refractivity contribution in [2.45, 2.75) is 37.8 Å². The van der Waals surface area contributed by atoms with Crippen LogP contribution < -0.4 is 0 Å². The SMILES string of the molecule is Cc1cc(Br)c(S(=O)(=O)N2CC(C)N(C)C(C)C2)cc1Br. The van der Waals surface area contributed by atoms with E-state index in [-0.39, 0.29) is 12.1 Å². The van der Waals surface area contributed by atoms with Gasteiger partial charge in [-0.1, -0.05) is 15.9 Å². The van der Waals surface area contributed by atoms with Crippen LogP contribution in [0, 0.1) is 6.92 Å². The molecule has 1 aromatic rings. The van der Waals surface area contributed by atoms with Crippen LogP contribution in [0.2, 0.25) is 0 Å². The minimum Gasteiger partial charge on any atom is -0.298 e. The van der Waals surface area contributed by atoms with E-state index in [1.807, 2.05) is 20.0 Å². The van der Waals surface area contributed by atoms with Gasteiger partial charge in [-0.3, -0.25) is 4.90 Å². The number of halogens is 2. The lowest BCUT2D eigenvalue weighted by Gasteiger charge is -2.41. The summed E-state index contributed by atoms with van der Waals surface area (Å²) < 4.78 is 28.9. The lowest BCUT2D eigenvalue weighted by atomic mass is 10.1. The van der Waals surface area contributed by atoms with Crippen molar-refractivity contribution in [1.29, 1.82) is 0 Å². The number of sulfonamides is 1. The van der Waals surface area contributed by atoms with Crippen molar-refractivity contribution in [3.63, 3.8) is 0 Å². The van der Waals surface area contributed by atoms with Crippen LogP contribution in [-0.2, 0) is 10.0 Å². The molecule has 21 heavy (non-hydrogen) atoms. The van der Waals surface area contributed by atoms with Crippen molar-refractivity contribution in [2.24, 2.45) is 0 Å². The van der Waals surface area contributed by atoms with Crippen LogP contribution in [-0.4, -0.2) is 49.8 Å². The average molecular weight is 440 g/mol. The molecule has 2 atom stereocenters. The van der Waals surface area contributed by atoms with E-state index in [1.54, 1.807) is 10.4 Å². The molecule has 1 fully saturated rings. The molecule has 0 saturated carbocycles. The van der Waals surface area contributed by atoms with E-state index in [0.29, 0.717) is 22.5 Å². The van der Waals surface area contributed by atoms with Gasteiger partial charge in [0.2, 0.25) is 10.0 Å². The third kappa shape index (κ3) is 3.37. The Bertz CT molecular complexity index is 637. The molecule has 0 amide bonds. The molecule has 0 radical (unpaired) electrons. The molecule has 0 spiro atoms. The minimum absolute atomic E-state index is 0.205. The molecule has 1 aliphatic rings. The topological polar surface area (TPSA) is 40.6 Å². The van der Waals surface area contributed by atoms with Gasteiger partial charge < -0.3 is 0 Å². The number of rotatable bonds is 2. The summed E-state index contributed by atoms with van der Waals surface area (Å²) in [4.78, 5) is 2.54. The van der Waals surface area contributed by atoms with Gasteiger partial charge in [-0.15, -0.1) is 0 Å². The Labute approximate surface area is 143 Å². The van der Waals surface area contributed by atoms with Crippen LogP contribution in [0.3, 0.4) is 0 Å². The Morgan fingerprint density at radius 2 is 1.62 bits per heavy atom. The molecular formula is C14H20Br2N2O2S. The number of hydrogen-bond acceptors (Lipinski definition) is 3. The van der Waals surface area contributed by atoms with Gasteiger partial charge in [0.1, 0.15) is 0 Å². The first-order valence-corrected chi connectivity index (χ1v) is 9.85. The number of benzene rings is 1. The standard InChI is InChI=1S/C14H20Br2N2O2S/c1-9-5-13(16)14(6-12(9)15)21(19,20)18-7-10(2)17(4)11(3)8-18/h5-6,10-11H,7-8H2,1-4H3. The Morgan fingerprint density at radius 1 is 1.10 bits per heavy atom. The minimum atomic E-state index is -3.49. The fraction of sp³-hybridized carbons (Fsp3) is 0.571. The van der Waals surface area contributed by atoms with E-state index in [1.165, 1.54) is 0 Å². The molecule has 2 unspecified atom stereocenters. The lowest BCUT2D eigenvalue weighted by molar-refractivity contribution is 0.105. The largest absolute Gasteiger partial charge is 0.298 e. The van der Waals surface area contributed by atoms with E-state index in [2.05, 4.69) is 50.6 Å². The second-order valence-corrected chi connectivity index (χ2v) is 9.33. The maximum absolute atomic E-state index is 12.9. The Hall–Kier alpha value is 0.0500. The van der Waals surface area contributed by atoms with E-state index >= 15 is 0 Å². The van der Waals surface area contributed by atoms with Crippen molar-refractivity contribution in [2.75, 3.05) is 20.1 Å². The van der Waals surface area contributed by atoms with Gasteiger partial charge in [-0.05, 0) is 61.4 Å². The van der Waals surface area contributed by atoms with Crippen LogP contribution in [0.5, 0.6) is 0 Å². The predicted molar refractivity (Wildman–Crippen MR) is 92.0 cm³/mol. The summed E-state index contributed by atoms with van der Waals surface area (Å²) >= 11 is 6.81. The number of nitrogens with zero attached hydrogens (tertiary/aromatic N) is 2. The predicted octanol–water partition coefficient (Wildman–Crippen LogP) is 3.23. The molecule has 1 heterocycles. The number of likely N-dealkylation sites (N-methyl/N-ethyl adjacent to an activating group) is 1. The fourth-order valence-electron chi connectivity index (χ4n) is 2.52. The smallest absolute Gasteiger partial charge is 0.244 e. The number of hydrogen-bond donors (Lipinski definition) is 0. The zero-order chi connectivity index (χ0) is 15.9. The van der Waals surface area contributed by atoms with Crippen LogP contribution in [0.4, 0.5) is 0 Å². The molecule has 118 valence electrons. The first-order chi connectivity index (χ1) is 9.64. The molecule has 7 heteroatoms. The molecule has 0 aromatic heterocycles. The summed E-state index contributed by atoms with van der Waals surface area (Å²) in [6.07, 6.45) is 0. The van der Waals surface area contributed by atoms with Crippen molar-refractivity contribution < 1.29 is 8.42 Å². The van der Waals surface area contributed by atoms with E-state index < -0.39 is 10.0 Å². The van der Waals surface area contributed by atoms with E-state index in [9.17, 15) is 8.42 Å². The molecule has 2 rings (SSSR count). The van der Waals surface area contributed by atoms with Crippen LogP contribution in [0.25, 0.3) is 0 Å².